The molecule has 5 heteroatoms. The standard InChI is InChI=1S/C28H39NO4/c1-17-7-6-8-22(19(17)3)29-23(20-12-14-33-26(20)32)15-21-18(2)9-10-24-27(21,4)13-11-25(31)28(24,5)16-30/h6-8,12,21,23-25,29-31H,2,9-11,13-16H2,1,3-5H3. The molecule has 5 nitrogen and oxygen atoms in total. The van der Waals surface area contributed by atoms with Gasteiger partial charge in [-0.15, -0.1) is 0 Å². The van der Waals surface area contributed by atoms with Crippen LogP contribution in [-0.4, -0.2) is 41.5 Å². The van der Waals surface area contributed by atoms with E-state index in [4.69, 9.17) is 4.74 Å². The van der Waals surface area contributed by atoms with E-state index in [1.165, 1.54) is 16.7 Å². The van der Waals surface area contributed by atoms with Crippen LogP contribution in [0.2, 0.25) is 0 Å². The minimum atomic E-state index is -0.520. The smallest absolute Gasteiger partial charge is 0.336 e. The Hall–Kier alpha value is -2.11. The molecule has 3 aliphatic rings. The fourth-order valence-corrected chi connectivity index (χ4v) is 6.89. The lowest BCUT2D eigenvalue weighted by atomic mass is 9.46. The van der Waals surface area contributed by atoms with Crippen LogP contribution in [0.1, 0.15) is 57.1 Å². The van der Waals surface area contributed by atoms with Gasteiger partial charge >= 0.3 is 5.97 Å². The lowest BCUT2D eigenvalue weighted by molar-refractivity contribution is -0.152. The van der Waals surface area contributed by atoms with E-state index in [-0.39, 0.29) is 35.9 Å². The first-order valence-corrected chi connectivity index (χ1v) is 12.3. The Kier molecular flexibility index (Phi) is 6.49. The van der Waals surface area contributed by atoms with E-state index in [0.717, 1.165) is 31.4 Å². The third kappa shape index (κ3) is 4.04. The fraction of sp³-hybridized carbons (Fsp3) is 0.607. The summed E-state index contributed by atoms with van der Waals surface area (Å²) in [5.41, 5.74) is 4.69. The molecule has 0 amide bonds. The number of allylic oxidation sites excluding steroid dienone is 1. The summed E-state index contributed by atoms with van der Waals surface area (Å²) in [5.74, 6) is 0.117. The Balaban J connectivity index is 1.69. The minimum Gasteiger partial charge on any atom is -0.458 e. The molecule has 2 saturated carbocycles. The molecule has 180 valence electrons. The molecule has 0 bridgehead atoms. The Morgan fingerprint density at radius 3 is 2.70 bits per heavy atom. The number of anilines is 1. The topological polar surface area (TPSA) is 78.8 Å². The lowest BCUT2D eigenvalue weighted by Crippen LogP contribution is -2.58. The third-order valence-electron chi connectivity index (χ3n) is 9.23. The summed E-state index contributed by atoms with van der Waals surface area (Å²) in [4.78, 5) is 12.6. The van der Waals surface area contributed by atoms with Gasteiger partial charge in [0.15, 0.2) is 0 Å². The van der Waals surface area contributed by atoms with Gasteiger partial charge in [-0.25, -0.2) is 4.79 Å². The molecular weight excluding hydrogens is 414 g/mol. The van der Waals surface area contributed by atoms with Gasteiger partial charge in [0, 0.05) is 11.1 Å². The van der Waals surface area contributed by atoms with Crippen LogP contribution in [0, 0.1) is 36.5 Å². The van der Waals surface area contributed by atoms with Crippen LogP contribution in [-0.2, 0) is 9.53 Å². The molecule has 1 aliphatic heterocycles. The summed E-state index contributed by atoms with van der Waals surface area (Å²) in [6, 6.07) is 6.01. The van der Waals surface area contributed by atoms with Crippen molar-refractivity contribution < 1.29 is 19.7 Å². The van der Waals surface area contributed by atoms with Crippen molar-refractivity contribution in [2.75, 3.05) is 18.5 Å². The van der Waals surface area contributed by atoms with Crippen molar-refractivity contribution in [3.05, 3.63) is 53.1 Å². The number of carbonyl (C=O) groups is 1. The summed E-state index contributed by atoms with van der Waals surface area (Å²) < 4.78 is 5.29. The Morgan fingerprint density at radius 1 is 1.27 bits per heavy atom. The zero-order chi connectivity index (χ0) is 24.0. The van der Waals surface area contributed by atoms with Gasteiger partial charge in [-0.2, -0.15) is 0 Å². The number of aliphatic hydroxyl groups excluding tert-OH is 2. The van der Waals surface area contributed by atoms with Crippen LogP contribution in [0.5, 0.6) is 0 Å². The van der Waals surface area contributed by atoms with Gasteiger partial charge in [0.2, 0.25) is 0 Å². The number of nitrogens with one attached hydrogen (secondary N) is 1. The molecule has 1 heterocycles. The summed E-state index contributed by atoms with van der Waals surface area (Å²) in [6.07, 6.45) is 5.51. The Morgan fingerprint density at radius 2 is 2.03 bits per heavy atom. The zero-order valence-electron chi connectivity index (χ0n) is 20.5. The average molecular weight is 454 g/mol. The molecule has 4 rings (SSSR count). The van der Waals surface area contributed by atoms with Crippen LogP contribution in [0.15, 0.2) is 42.0 Å². The van der Waals surface area contributed by atoms with Gasteiger partial charge in [0.1, 0.15) is 6.61 Å². The van der Waals surface area contributed by atoms with Gasteiger partial charge < -0.3 is 20.3 Å². The molecule has 6 unspecified atom stereocenters. The molecule has 2 aliphatic carbocycles. The van der Waals surface area contributed by atoms with E-state index in [1.54, 1.807) is 0 Å². The van der Waals surface area contributed by atoms with Crippen molar-refractivity contribution in [3.63, 3.8) is 0 Å². The molecule has 1 aromatic rings. The predicted molar refractivity (Wildman–Crippen MR) is 131 cm³/mol. The number of ether oxygens (including phenoxy) is 1. The van der Waals surface area contributed by atoms with E-state index >= 15 is 0 Å². The molecule has 6 atom stereocenters. The average Bonchev–Trinajstić information content (AvgIpc) is 3.21. The Bertz CT molecular complexity index is 969. The molecule has 0 saturated heterocycles. The number of carbonyl (C=O) groups excluding carboxylic acids is 1. The first kappa shape index (κ1) is 24.0. The van der Waals surface area contributed by atoms with Crippen molar-refractivity contribution in [3.8, 4) is 0 Å². The number of cyclic esters (lactones) is 1. The highest BCUT2D eigenvalue weighted by molar-refractivity contribution is 5.92. The van der Waals surface area contributed by atoms with Crippen LogP contribution in [0.4, 0.5) is 5.69 Å². The second-order valence-electron chi connectivity index (χ2n) is 11.0. The van der Waals surface area contributed by atoms with Crippen molar-refractivity contribution in [1.82, 2.24) is 0 Å². The molecule has 0 radical (unpaired) electrons. The van der Waals surface area contributed by atoms with E-state index in [1.807, 2.05) is 19.1 Å². The lowest BCUT2D eigenvalue weighted by Gasteiger charge is -2.60. The number of fused-ring (bicyclic) bond motifs is 1. The quantitative estimate of drug-likeness (QED) is 0.430. The van der Waals surface area contributed by atoms with Gasteiger partial charge in [-0.1, -0.05) is 38.1 Å². The highest BCUT2D eigenvalue weighted by Gasteiger charge is 2.58. The van der Waals surface area contributed by atoms with Crippen molar-refractivity contribution in [1.29, 1.82) is 0 Å². The van der Waals surface area contributed by atoms with E-state index in [2.05, 4.69) is 44.8 Å². The predicted octanol–water partition coefficient (Wildman–Crippen LogP) is 4.70. The van der Waals surface area contributed by atoms with Crippen molar-refractivity contribution in [2.45, 2.75) is 71.9 Å². The summed E-state index contributed by atoms with van der Waals surface area (Å²) in [7, 11) is 0. The number of hydrogen-bond donors (Lipinski definition) is 3. The maximum atomic E-state index is 12.6. The van der Waals surface area contributed by atoms with E-state index < -0.39 is 11.5 Å². The number of hydrogen-bond acceptors (Lipinski definition) is 5. The zero-order valence-corrected chi connectivity index (χ0v) is 20.5. The number of esters is 1. The molecule has 0 spiro atoms. The van der Waals surface area contributed by atoms with Crippen LogP contribution in [0.3, 0.4) is 0 Å². The first-order valence-electron chi connectivity index (χ1n) is 12.3. The van der Waals surface area contributed by atoms with Crippen LogP contribution >= 0.6 is 0 Å². The normalized spacial score (nSPS) is 35.0. The maximum Gasteiger partial charge on any atom is 0.336 e. The van der Waals surface area contributed by atoms with Crippen LogP contribution < -0.4 is 5.32 Å². The van der Waals surface area contributed by atoms with Gasteiger partial charge in [0.25, 0.3) is 0 Å². The summed E-state index contributed by atoms with van der Waals surface area (Å²) >= 11 is 0. The van der Waals surface area contributed by atoms with Gasteiger partial charge in [-0.05, 0) is 86.5 Å². The second-order valence-corrected chi connectivity index (χ2v) is 11.0. The van der Waals surface area contributed by atoms with Crippen molar-refractivity contribution >= 4 is 11.7 Å². The molecule has 2 fully saturated rings. The molecule has 1 aromatic carbocycles. The number of aliphatic hydroxyl groups is 2. The number of aryl methyl sites for hydroxylation is 1. The van der Waals surface area contributed by atoms with E-state index in [9.17, 15) is 15.0 Å². The molecular formula is C28H39NO4. The highest BCUT2D eigenvalue weighted by Crippen LogP contribution is 2.62. The minimum absolute atomic E-state index is 0.0186. The molecule has 33 heavy (non-hydrogen) atoms. The highest BCUT2D eigenvalue weighted by atomic mass is 16.5. The molecule has 3 N–H and O–H groups in total. The number of rotatable bonds is 6. The van der Waals surface area contributed by atoms with Crippen molar-refractivity contribution in [2.24, 2.45) is 22.7 Å². The largest absolute Gasteiger partial charge is 0.458 e. The Labute approximate surface area is 197 Å². The first-order chi connectivity index (χ1) is 15.6. The summed E-state index contributed by atoms with van der Waals surface area (Å²) in [5, 5.41) is 24.8. The van der Waals surface area contributed by atoms with E-state index in [0.29, 0.717) is 18.6 Å². The fourth-order valence-electron chi connectivity index (χ4n) is 6.89. The van der Waals surface area contributed by atoms with Crippen LogP contribution in [0.25, 0.3) is 0 Å². The third-order valence-corrected chi connectivity index (χ3v) is 9.23. The SMILES string of the molecule is C=C1CCC2C(C)(CO)C(O)CCC2(C)C1CC(Nc1cccc(C)c1C)C1=CCOC1=O. The second kappa shape index (κ2) is 8.92. The van der Waals surface area contributed by atoms with Gasteiger partial charge in [0.05, 0.1) is 24.3 Å². The summed E-state index contributed by atoms with van der Waals surface area (Å²) in [6.45, 7) is 13.3. The van der Waals surface area contributed by atoms with Gasteiger partial charge in [-0.3, -0.25) is 0 Å². The maximum absolute atomic E-state index is 12.6. The monoisotopic (exact) mass is 453 g/mol. The molecule has 0 aromatic heterocycles. The number of benzene rings is 1.